The highest BCUT2D eigenvalue weighted by Crippen LogP contribution is 2.24. The monoisotopic (exact) mass is 364 g/mol. The molecule has 2 aromatic carbocycles. The Balaban J connectivity index is 1.73. The standard InChI is InChI=1S/C20H20N4O3/c1-3-27-18-7-5-4-6-16(18)23-19(25)17-12-13-21-20(24-17)22-14-8-10-15(26-2)11-9-14/h4-13H,3H2,1-2H3,(H,23,25)(H,21,22,24). The molecule has 0 saturated heterocycles. The van der Waals surface area contributed by atoms with E-state index in [9.17, 15) is 4.79 Å². The topological polar surface area (TPSA) is 85.4 Å². The minimum atomic E-state index is -0.345. The molecule has 0 aliphatic rings. The third kappa shape index (κ3) is 4.72. The van der Waals surface area contributed by atoms with E-state index in [4.69, 9.17) is 9.47 Å². The first-order chi connectivity index (χ1) is 13.2. The number of nitrogens with zero attached hydrogens (tertiary/aromatic N) is 2. The summed E-state index contributed by atoms with van der Waals surface area (Å²) in [6.07, 6.45) is 1.53. The van der Waals surface area contributed by atoms with E-state index in [1.54, 1.807) is 25.3 Å². The summed E-state index contributed by atoms with van der Waals surface area (Å²) in [5.41, 5.74) is 1.62. The third-order valence-corrected chi connectivity index (χ3v) is 3.67. The maximum Gasteiger partial charge on any atom is 0.274 e. The Hall–Kier alpha value is -3.61. The van der Waals surface area contributed by atoms with Crippen LogP contribution in [0, 0.1) is 0 Å². The van der Waals surface area contributed by atoms with Gasteiger partial charge >= 0.3 is 0 Å². The summed E-state index contributed by atoms with van der Waals surface area (Å²) < 4.78 is 10.7. The number of benzene rings is 2. The summed E-state index contributed by atoms with van der Waals surface area (Å²) in [6, 6.07) is 16.1. The van der Waals surface area contributed by atoms with Crippen molar-refractivity contribution in [2.24, 2.45) is 0 Å². The molecule has 0 unspecified atom stereocenters. The molecule has 7 nitrogen and oxygen atoms in total. The number of hydrogen-bond donors (Lipinski definition) is 2. The van der Waals surface area contributed by atoms with Gasteiger partial charge in [-0.3, -0.25) is 4.79 Å². The molecule has 0 bridgehead atoms. The Morgan fingerprint density at radius 3 is 2.59 bits per heavy atom. The Labute approximate surface area is 157 Å². The Morgan fingerprint density at radius 2 is 1.85 bits per heavy atom. The third-order valence-electron chi connectivity index (χ3n) is 3.67. The van der Waals surface area contributed by atoms with Gasteiger partial charge in [0.25, 0.3) is 5.91 Å². The van der Waals surface area contributed by atoms with E-state index >= 15 is 0 Å². The van der Waals surface area contributed by atoms with Crippen molar-refractivity contribution in [2.45, 2.75) is 6.92 Å². The van der Waals surface area contributed by atoms with Crippen LogP contribution in [-0.4, -0.2) is 29.6 Å². The van der Waals surface area contributed by atoms with Crippen LogP contribution < -0.4 is 20.1 Å². The number of aromatic nitrogens is 2. The molecule has 0 aliphatic heterocycles. The highest BCUT2D eigenvalue weighted by atomic mass is 16.5. The Kier molecular flexibility index (Phi) is 5.84. The van der Waals surface area contributed by atoms with Crippen LogP contribution in [0.2, 0.25) is 0 Å². The van der Waals surface area contributed by atoms with Gasteiger partial charge in [-0.05, 0) is 49.4 Å². The lowest BCUT2D eigenvalue weighted by atomic mass is 10.2. The van der Waals surface area contributed by atoms with Crippen molar-refractivity contribution in [1.29, 1.82) is 0 Å². The second-order valence-corrected chi connectivity index (χ2v) is 5.50. The van der Waals surface area contributed by atoms with Crippen molar-refractivity contribution in [1.82, 2.24) is 9.97 Å². The maximum absolute atomic E-state index is 12.6. The number of carbonyl (C=O) groups excluding carboxylic acids is 1. The summed E-state index contributed by atoms with van der Waals surface area (Å²) >= 11 is 0. The predicted molar refractivity (Wildman–Crippen MR) is 104 cm³/mol. The van der Waals surface area contributed by atoms with Crippen LogP contribution in [0.4, 0.5) is 17.3 Å². The first-order valence-corrected chi connectivity index (χ1v) is 8.47. The molecule has 7 heteroatoms. The summed E-state index contributed by atoms with van der Waals surface area (Å²) in [5.74, 6) is 1.34. The zero-order chi connectivity index (χ0) is 19.1. The molecule has 0 spiro atoms. The van der Waals surface area contributed by atoms with Gasteiger partial charge in [-0.2, -0.15) is 0 Å². The number of carbonyl (C=O) groups is 1. The zero-order valence-electron chi connectivity index (χ0n) is 15.1. The molecular weight excluding hydrogens is 344 g/mol. The number of nitrogens with one attached hydrogen (secondary N) is 2. The number of hydrogen-bond acceptors (Lipinski definition) is 6. The van der Waals surface area contributed by atoms with Crippen LogP contribution in [0.1, 0.15) is 17.4 Å². The van der Waals surface area contributed by atoms with Crippen LogP contribution >= 0.6 is 0 Å². The van der Waals surface area contributed by atoms with Crippen molar-refractivity contribution < 1.29 is 14.3 Å². The largest absolute Gasteiger partial charge is 0.497 e. The lowest BCUT2D eigenvalue weighted by Gasteiger charge is -2.11. The van der Waals surface area contributed by atoms with Crippen LogP contribution in [0.5, 0.6) is 11.5 Å². The van der Waals surface area contributed by atoms with E-state index in [2.05, 4.69) is 20.6 Å². The molecule has 27 heavy (non-hydrogen) atoms. The first-order valence-electron chi connectivity index (χ1n) is 8.47. The van der Waals surface area contributed by atoms with Gasteiger partial charge in [0.1, 0.15) is 17.2 Å². The van der Waals surface area contributed by atoms with Gasteiger partial charge in [0.15, 0.2) is 0 Å². The van der Waals surface area contributed by atoms with Gasteiger partial charge in [0, 0.05) is 11.9 Å². The molecule has 1 amide bonds. The molecule has 1 aromatic heterocycles. The fourth-order valence-corrected chi connectivity index (χ4v) is 2.39. The number of ether oxygens (including phenoxy) is 2. The normalized spacial score (nSPS) is 10.1. The fraction of sp³-hybridized carbons (Fsp3) is 0.150. The highest BCUT2D eigenvalue weighted by molar-refractivity contribution is 6.03. The van der Waals surface area contributed by atoms with Gasteiger partial charge in [-0.15, -0.1) is 0 Å². The van der Waals surface area contributed by atoms with Gasteiger partial charge in [0.05, 0.1) is 19.4 Å². The van der Waals surface area contributed by atoms with Gasteiger partial charge in [0.2, 0.25) is 5.95 Å². The number of anilines is 3. The van der Waals surface area contributed by atoms with Crippen molar-refractivity contribution in [3.05, 3.63) is 66.5 Å². The van der Waals surface area contributed by atoms with Crippen molar-refractivity contribution in [2.75, 3.05) is 24.4 Å². The molecule has 3 aromatic rings. The van der Waals surface area contributed by atoms with Gasteiger partial charge < -0.3 is 20.1 Å². The molecular formula is C20H20N4O3. The zero-order valence-corrected chi connectivity index (χ0v) is 15.1. The van der Waals surface area contributed by atoms with E-state index in [0.29, 0.717) is 24.0 Å². The number of para-hydroxylation sites is 2. The molecule has 0 saturated carbocycles. The number of methoxy groups -OCH3 is 1. The minimum Gasteiger partial charge on any atom is -0.497 e. The van der Waals surface area contributed by atoms with E-state index in [1.807, 2.05) is 43.3 Å². The summed E-state index contributed by atoms with van der Waals surface area (Å²) in [4.78, 5) is 21.0. The van der Waals surface area contributed by atoms with Crippen LogP contribution in [0.25, 0.3) is 0 Å². The number of rotatable bonds is 7. The Morgan fingerprint density at radius 1 is 1.07 bits per heavy atom. The van der Waals surface area contributed by atoms with Gasteiger partial charge in [-0.25, -0.2) is 9.97 Å². The van der Waals surface area contributed by atoms with Crippen LogP contribution in [0.3, 0.4) is 0 Å². The van der Waals surface area contributed by atoms with Crippen molar-refractivity contribution in [3.63, 3.8) is 0 Å². The Bertz CT molecular complexity index is 913. The quantitative estimate of drug-likeness (QED) is 0.662. The SMILES string of the molecule is CCOc1ccccc1NC(=O)c1ccnc(Nc2ccc(OC)cc2)n1. The lowest BCUT2D eigenvalue weighted by molar-refractivity contribution is 0.102. The molecule has 0 aliphatic carbocycles. The molecule has 1 heterocycles. The van der Waals surface area contributed by atoms with E-state index in [1.165, 1.54) is 6.20 Å². The van der Waals surface area contributed by atoms with Crippen molar-refractivity contribution in [3.8, 4) is 11.5 Å². The first kappa shape index (κ1) is 18.2. The molecule has 0 atom stereocenters. The number of amides is 1. The molecule has 0 fully saturated rings. The second kappa shape index (κ2) is 8.66. The summed E-state index contributed by atoms with van der Waals surface area (Å²) in [6.45, 7) is 2.40. The molecule has 0 radical (unpaired) electrons. The minimum absolute atomic E-state index is 0.243. The fourth-order valence-electron chi connectivity index (χ4n) is 2.39. The average molecular weight is 364 g/mol. The van der Waals surface area contributed by atoms with Crippen molar-refractivity contribution >= 4 is 23.2 Å². The highest BCUT2D eigenvalue weighted by Gasteiger charge is 2.12. The molecule has 2 N–H and O–H groups in total. The van der Waals surface area contributed by atoms with E-state index in [-0.39, 0.29) is 11.6 Å². The van der Waals surface area contributed by atoms with E-state index < -0.39 is 0 Å². The second-order valence-electron chi connectivity index (χ2n) is 5.50. The average Bonchev–Trinajstić information content (AvgIpc) is 2.70. The maximum atomic E-state index is 12.6. The predicted octanol–water partition coefficient (Wildman–Crippen LogP) is 3.88. The van der Waals surface area contributed by atoms with E-state index in [0.717, 1.165) is 11.4 Å². The molecule has 138 valence electrons. The molecule has 3 rings (SSSR count). The van der Waals surface area contributed by atoms with Crippen LogP contribution in [-0.2, 0) is 0 Å². The smallest absolute Gasteiger partial charge is 0.274 e. The summed E-state index contributed by atoms with van der Waals surface area (Å²) in [7, 11) is 1.61. The van der Waals surface area contributed by atoms with Crippen LogP contribution in [0.15, 0.2) is 60.8 Å². The van der Waals surface area contributed by atoms with Gasteiger partial charge in [-0.1, -0.05) is 12.1 Å². The summed E-state index contributed by atoms with van der Waals surface area (Å²) in [5, 5.41) is 5.88. The lowest BCUT2D eigenvalue weighted by Crippen LogP contribution is -2.15.